The summed E-state index contributed by atoms with van der Waals surface area (Å²) in [6.45, 7) is 4.24. The van der Waals surface area contributed by atoms with Crippen LogP contribution in [0.4, 0.5) is 4.39 Å². The van der Waals surface area contributed by atoms with Crippen molar-refractivity contribution in [3.8, 4) is 0 Å². The second-order valence-corrected chi connectivity index (χ2v) is 7.92. The van der Waals surface area contributed by atoms with Gasteiger partial charge in [0.05, 0.1) is 19.3 Å². The van der Waals surface area contributed by atoms with Crippen LogP contribution in [0.1, 0.15) is 27.5 Å². The summed E-state index contributed by atoms with van der Waals surface area (Å²) in [4.78, 5) is 20.3. The molecule has 1 saturated heterocycles. The average Bonchev–Trinajstić information content (AvgIpc) is 2.82. The Morgan fingerprint density at radius 2 is 1.75 bits per heavy atom. The molecule has 8 heteroatoms. The molecule has 172 valence electrons. The molecule has 2 N–H and O–H groups in total. The van der Waals surface area contributed by atoms with Crippen LogP contribution >= 0.6 is 0 Å². The Balaban J connectivity index is 1.59. The Morgan fingerprint density at radius 1 is 1.09 bits per heavy atom. The predicted molar refractivity (Wildman–Crippen MR) is 124 cm³/mol. The van der Waals surface area contributed by atoms with E-state index in [-0.39, 0.29) is 17.8 Å². The van der Waals surface area contributed by atoms with Crippen molar-refractivity contribution in [1.29, 1.82) is 0 Å². The first-order valence-corrected chi connectivity index (χ1v) is 10.8. The predicted octanol–water partition coefficient (Wildman–Crippen LogP) is 2.27. The number of guanidine groups is 1. The fourth-order valence-electron chi connectivity index (χ4n) is 3.65. The topological polar surface area (TPSA) is 69.2 Å². The molecule has 1 aliphatic rings. The number of carbonyl (C=O) groups excluding carboxylic acids is 1. The minimum absolute atomic E-state index is 0.0167. The second kappa shape index (κ2) is 11.6. The summed E-state index contributed by atoms with van der Waals surface area (Å²) >= 11 is 0. The molecule has 7 nitrogen and oxygen atoms in total. The monoisotopic (exact) mass is 441 g/mol. The van der Waals surface area contributed by atoms with Gasteiger partial charge in [0.2, 0.25) is 0 Å². The molecule has 1 unspecified atom stereocenters. The molecule has 1 fully saturated rings. The molecule has 0 bridgehead atoms. The molecule has 3 rings (SSSR count). The summed E-state index contributed by atoms with van der Waals surface area (Å²) in [5, 5.41) is 6.71. The van der Waals surface area contributed by atoms with E-state index in [4.69, 9.17) is 4.74 Å². The van der Waals surface area contributed by atoms with Crippen LogP contribution in [0, 0.1) is 5.82 Å². The van der Waals surface area contributed by atoms with Crippen LogP contribution in [0.25, 0.3) is 0 Å². The third kappa shape index (κ3) is 6.51. The van der Waals surface area contributed by atoms with Gasteiger partial charge in [-0.25, -0.2) is 4.39 Å². The zero-order valence-corrected chi connectivity index (χ0v) is 19.0. The summed E-state index contributed by atoms with van der Waals surface area (Å²) < 4.78 is 18.9. The van der Waals surface area contributed by atoms with E-state index < -0.39 is 0 Å². The van der Waals surface area contributed by atoms with Crippen LogP contribution < -0.4 is 10.6 Å². The Kier molecular flexibility index (Phi) is 8.58. The SMILES string of the molecule is CN=C(NCc1ccc(C(=O)N(C)C)cc1)NCC(c1ccc(F)cc1)N1CCOCC1. The number of morpholine rings is 1. The number of ether oxygens (including phenoxy) is 1. The minimum atomic E-state index is -0.238. The molecular formula is C24H32FN5O2. The fourth-order valence-corrected chi connectivity index (χ4v) is 3.65. The third-order valence-electron chi connectivity index (χ3n) is 5.49. The van der Waals surface area contributed by atoms with E-state index >= 15 is 0 Å². The number of benzene rings is 2. The summed E-state index contributed by atoms with van der Waals surface area (Å²) in [6, 6.07) is 14.3. The van der Waals surface area contributed by atoms with Crippen LogP contribution in [0.15, 0.2) is 53.5 Å². The first kappa shape index (κ1) is 23.7. The van der Waals surface area contributed by atoms with E-state index in [1.165, 1.54) is 12.1 Å². The second-order valence-electron chi connectivity index (χ2n) is 7.92. The van der Waals surface area contributed by atoms with Gasteiger partial charge < -0.3 is 20.3 Å². The maximum atomic E-state index is 13.4. The summed E-state index contributed by atoms with van der Waals surface area (Å²) in [6.07, 6.45) is 0. The lowest BCUT2D eigenvalue weighted by Gasteiger charge is -2.35. The number of carbonyl (C=O) groups is 1. The number of hydrogen-bond acceptors (Lipinski definition) is 4. The summed E-state index contributed by atoms with van der Waals surface area (Å²) in [7, 11) is 5.21. The molecular weight excluding hydrogens is 409 g/mol. The highest BCUT2D eigenvalue weighted by atomic mass is 19.1. The molecule has 2 aromatic rings. The Bertz CT molecular complexity index is 894. The number of halogens is 1. The van der Waals surface area contributed by atoms with Crippen molar-refractivity contribution in [3.05, 3.63) is 71.0 Å². The Hall–Kier alpha value is -2.97. The minimum Gasteiger partial charge on any atom is -0.379 e. The number of amides is 1. The van der Waals surface area contributed by atoms with E-state index in [0.29, 0.717) is 37.8 Å². The van der Waals surface area contributed by atoms with Gasteiger partial charge in [-0.15, -0.1) is 0 Å². The lowest BCUT2D eigenvalue weighted by molar-refractivity contribution is 0.0170. The van der Waals surface area contributed by atoms with Crippen molar-refractivity contribution in [2.45, 2.75) is 12.6 Å². The van der Waals surface area contributed by atoms with E-state index in [2.05, 4.69) is 20.5 Å². The van der Waals surface area contributed by atoms with Gasteiger partial charge in [-0.05, 0) is 35.4 Å². The molecule has 0 radical (unpaired) electrons. The summed E-state index contributed by atoms with van der Waals surface area (Å²) in [5.74, 6) is 0.425. The average molecular weight is 442 g/mol. The van der Waals surface area contributed by atoms with Gasteiger partial charge in [0.1, 0.15) is 5.82 Å². The molecule has 0 spiro atoms. The van der Waals surface area contributed by atoms with Gasteiger partial charge in [0.15, 0.2) is 5.96 Å². The number of nitrogens with one attached hydrogen (secondary N) is 2. The van der Waals surface area contributed by atoms with E-state index in [1.807, 2.05) is 36.4 Å². The molecule has 0 aliphatic carbocycles. The zero-order chi connectivity index (χ0) is 22.9. The Morgan fingerprint density at radius 3 is 2.34 bits per heavy atom. The first-order chi connectivity index (χ1) is 15.5. The van der Waals surface area contributed by atoms with Crippen LogP contribution in [-0.4, -0.2) is 75.7 Å². The van der Waals surface area contributed by atoms with Gasteiger partial charge in [-0.2, -0.15) is 0 Å². The largest absolute Gasteiger partial charge is 0.379 e. The van der Waals surface area contributed by atoms with Crippen LogP contribution in [0.5, 0.6) is 0 Å². The van der Waals surface area contributed by atoms with Gasteiger partial charge >= 0.3 is 0 Å². The molecule has 1 amide bonds. The number of hydrogen-bond donors (Lipinski definition) is 2. The highest BCUT2D eigenvalue weighted by molar-refractivity contribution is 5.93. The van der Waals surface area contributed by atoms with E-state index in [9.17, 15) is 9.18 Å². The van der Waals surface area contributed by atoms with Crippen molar-refractivity contribution in [2.24, 2.45) is 4.99 Å². The standard InChI is InChI=1S/C24H32FN5O2/c1-26-24(27-16-18-4-6-20(7-5-18)23(31)29(2)3)28-17-22(30-12-14-32-15-13-30)19-8-10-21(25)11-9-19/h4-11,22H,12-17H2,1-3H3,(H2,26,27,28). The number of nitrogens with zero attached hydrogens (tertiary/aromatic N) is 3. The van der Waals surface area contributed by atoms with Crippen molar-refractivity contribution in [3.63, 3.8) is 0 Å². The molecule has 1 atom stereocenters. The van der Waals surface area contributed by atoms with Gasteiger partial charge in [-0.1, -0.05) is 24.3 Å². The molecule has 32 heavy (non-hydrogen) atoms. The van der Waals surface area contributed by atoms with E-state index in [0.717, 1.165) is 24.2 Å². The van der Waals surface area contributed by atoms with Crippen molar-refractivity contribution >= 4 is 11.9 Å². The third-order valence-corrected chi connectivity index (χ3v) is 5.49. The smallest absolute Gasteiger partial charge is 0.253 e. The van der Waals surface area contributed by atoms with E-state index in [1.54, 1.807) is 26.0 Å². The lowest BCUT2D eigenvalue weighted by Crippen LogP contribution is -2.46. The van der Waals surface area contributed by atoms with Crippen molar-refractivity contribution < 1.29 is 13.9 Å². The van der Waals surface area contributed by atoms with Gasteiger partial charge in [-0.3, -0.25) is 14.7 Å². The highest BCUT2D eigenvalue weighted by Crippen LogP contribution is 2.21. The van der Waals surface area contributed by atoms with Gasteiger partial charge in [0, 0.05) is 52.9 Å². The van der Waals surface area contributed by atoms with Crippen molar-refractivity contribution in [2.75, 3.05) is 54.0 Å². The molecule has 0 aromatic heterocycles. The maximum Gasteiger partial charge on any atom is 0.253 e. The number of aliphatic imine (C=N–C) groups is 1. The molecule has 1 aliphatic heterocycles. The molecule has 1 heterocycles. The van der Waals surface area contributed by atoms with Crippen LogP contribution in [0.2, 0.25) is 0 Å². The highest BCUT2D eigenvalue weighted by Gasteiger charge is 2.23. The van der Waals surface area contributed by atoms with Gasteiger partial charge in [0.25, 0.3) is 5.91 Å². The lowest BCUT2D eigenvalue weighted by atomic mass is 10.0. The fraction of sp³-hybridized carbons (Fsp3) is 0.417. The quantitative estimate of drug-likeness (QED) is 0.510. The summed E-state index contributed by atoms with van der Waals surface area (Å²) in [5.41, 5.74) is 2.76. The number of rotatable bonds is 7. The molecule has 0 saturated carbocycles. The Labute approximate surface area is 189 Å². The van der Waals surface area contributed by atoms with Crippen LogP contribution in [-0.2, 0) is 11.3 Å². The maximum absolute atomic E-state index is 13.4. The molecule has 2 aromatic carbocycles. The zero-order valence-electron chi connectivity index (χ0n) is 19.0. The van der Waals surface area contributed by atoms with Crippen LogP contribution in [0.3, 0.4) is 0 Å². The normalized spacial score (nSPS) is 15.8. The van der Waals surface area contributed by atoms with Crippen molar-refractivity contribution in [1.82, 2.24) is 20.4 Å². The first-order valence-electron chi connectivity index (χ1n) is 10.8.